The van der Waals surface area contributed by atoms with Crippen LogP contribution >= 0.6 is 0 Å². The summed E-state index contributed by atoms with van der Waals surface area (Å²) in [5, 5.41) is 5.67. The molecule has 0 aliphatic heterocycles. The maximum absolute atomic E-state index is 13.2. The molecule has 0 radical (unpaired) electrons. The van der Waals surface area contributed by atoms with Crippen molar-refractivity contribution >= 4 is 26.8 Å². The number of halogens is 1. The molecule has 142 valence electrons. The fourth-order valence-electron chi connectivity index (χ4n) is 3.03. The zero-order chi connectivity index (χ0) is 19.6. The molecule has 5 nitrogen and oxygen atoms in total. The van der Waals surface area contributed by atoms with Gasteiger partial charge in [-0.15, -0.1) is 0 Å². The number of rotatable bonds is 7. The lowest BCUT2D eigenvalue weighted by atomic mass is 9.97. The molecule has 3 aromatic rings. The van der Waals surface area contributed by atoms with E-state index in [2.05, 4.69) is 0 Å². The quantitative estimate of drug-likeness (QED) is 0.620. The Bertz CT molecular complexity index is 1090. The van der Waals surface area contributed by atoms with E-state index in [4.69, 9.17) is 9.56 Å². The van der Waals surface area contributed by atoms with Crippen molar-refractivity contribution in [3.8, 4) is 0 Å². The fraction of sp³-hybridized carbons (Fsp3) is 0.250. The number of nitrogens with two attached hydrogens (primary N) is 1. The summed E-state index contributed by atoms with van der Waals surface area (Å²) < 4.78 is 41.9. The molecule has 1 aromatic heterocycles. The van der Waals surface area contributed by atoms with Gasteiger partial charge in [0.25, 0.3) is 0 Å². The predicted molar refractivity (Wildman–Crippen MR) is 101 cm³/mol. The van der Waals surface area contributed by atoms with E-state index in [9.17, 15) is 17.6 Å². The van der Waals surface area contributed by atoms with Gasteiger partial charge >= 0.3 is 0 Å². The van der Waals surface area contributed by atoms with Crippen molar-refractivity contribution < 1.29 is 22.0 Å². The minimum Gasteiger partial charge on any atom is -0.460 e. The van der Waals surface area contributed by atoms with Crippen molar-refractivity contribution in [3.63, 3.8) is 0 Å². The highest BCUT2D eigenvalue weighted by atomic mass is 32.2. The number of unbranched alkanes of at least 4 members (excludes halogenated alkanes) is 1. The maximum atomic E-state index is 13.2. The normalized spacial score (nSPS) is 11.8. The van der Waals surface area contributed by atoms with Crippen LogP contribution in [0.1, 0.15) is 47.0 Å². The Hall–Kier alpha value is -2.51. The summed E-state index contributed by atoms with van der Waals surface area (Å²) in [6.45, 7) is 2.04. The van der Waals surface area contributed by atoms with Gasteiger partial charge in [-0.05, 0) is 48.4 Å². The number of benzene rings is 2. The molecule has 0 bridgehead atoms. The van der Waals surface area contributed by atoms with Crippen molar-refractivity contribution in [2.24, 2.45) is 5.14 Å². The highest BCUT2D eigenvalue weighted by Gasteiger charge is 2.22. The average molecular weight is 389 g/mol. The van der Waals surface area contributed by atoms with Gasteiger partial charge in [0.05, 0.1) is 11.3 Å². The standard InChI is InChI=1S/C20H20FNO4S/c1-2-3-4-18-19(20(23)14-6-8-15(21)9-7-14)16-11-13(12-27(22,24)25)5-10-17(16)26-18/h5-11H,2-4,12H2,1H3,(H2,22,24,25). The van der Waals surface area contributed by atoms with Crippen molar-refractivity contribution in [2.45, 2.75) is 31.9 Å². The van der Waals surface area contributed by atoms with Crippen LogP contribution in [0.15, 0.2) is 46.9 Å². The molecule has 0 aliphatic rings. The van der Waals surface area contributed by atoms with Gasteiger partial charge in [0, 0.05) is 17.4 Å². The third-order valence-electron chi connectivity index (χ3n) is 4.28. The second-order valence-corrected chi connectivity index (χ2v) is 8.09. The number of hydrogen-bond donors (Lipinski definition) is 1. The molecule has 2 N–H and O–H groups in total. The monoisotopic (exact) mass is 389 g/mol. The van der Waals surface area contributed by atoms with Crippen LogP contribution in [-0.4, -0.2) is 14.2 Å². The smallest absolute Gasteiger partial charge is 0.213 e. The van der Waals surface area contributed by atoms with Crippen LogP contribution in [-0.2, 0) is 22.2 Å². The van der Waals surface area contributed by atoms with Crippen molar-refractivity contribution in [2.75, 3.05) is 0 Å². The third kappa shape index (κ3) is 4.43. The van der Waals surface area contributed by atoms with Gasteiger partial charge < -0.3 is 4.42 Å². The number of primary sulfonamides is 1. The first-order chi connectivity index (χ1) is 12.8. The van der Waals surface area contributed by atoms with E-state index in [0.29, 0.717) is 39.8 Å². The van der Waals surface area contributed by atoms with Gasteiger partial charge in [0.1, 0.15) is 17.2 Å². The Morgan fingerprint density at radius 1 is 1.15 bits per heavy atom. The molecule has 0 unspecified atom stereocenters. The van der Waals surface area contributed by atoms with Crippen LogP contribution in [0.5, 0.6) is 0 Å². The molecule has 7 heteroatoms. The molecule has 0 saturated carbocycles. The molecular formula is C20H20FNO4S. The summed E-state index contributed by atoms with van der Waals surface area (Å²) >= 11 is 0. The third-order valence-corrected chi connectivity index (χ3v) is 5.02. The minimum absolute atomic E-state index is 0.285. The van der Waals surface area contributed by atoms with Gasteiger partial charge in [-0.25, -0.2) is 17.9 Å². The van der Waals surface area contributed by atoms with E-state index in [0.717, 1.165) is 12.8 Å². The van der Waals surface area contributed by atoms with Crippen LogP contribution in [0.25, 0.3) is 11.0 Å². The summed E-state index contributed by atoms with van der Waals surface area (Å²) in [5.41, 5.74) is 1.71. The zero-order valence-electron chi connectivity index (χ0n) is 14.9. The number of hydrogen-bond acceptors (Lipinski definition) is 4. The summed E-state index contributed by atoms with van der Waals surface area (Å²) in [4.78, 5) is 13.1. The van der Waals surface area contributed by atoms with Gasteiger partial charge in [0.2, 0.25) is 10.0 Å². The maximum Gasteiger partial charge on any atom is 0.213 e. The Morgan fingerprint density at radius 3 is 2.48 bits per heavy atom. The molecule has 2 aromatic carbocycles. The fourth-order valence-corrected chi connectivity index (χ4v) is 3.67. The van der Waals surface area contributed by atoms with E-state index in [1.807, 2.05) is 6.92 Å². The number of fused-ring (bicyclic) bond motifs is 1. The van der Waals surface area contributed by atoms with Gasteiger partial charge in [-0.1, -0.05) is 19.4 Å². The van der Waals surface area contributed by atoms with Crippen LogP contribution < -0.4 is 5.14 Å². The first-order valence-corrected chi connectivity index (χ1v) is 10.3. The second-order valence-electron chi connectivity index (χ2n) is 6.48. The number of carbonyl (C=O) groups excluding carboxylic acids is 1. The summed E-state index contributed by atoms with van der Waals surface area (Å²) in [7, 11) is -3.70. The van der Waals surface area contributed by atoms with Gasteiger partial charge in [-0.2, -0.15) is 0 Å². The lowest BCUT2D eigenvalue weighted by Gasteiger charge is -2.04. The number of aryl methyl sites for hydroxylation is 1. The summed E-state index contributed by atoms with van der Waals surface area (Å²) in [6, 6.07) is 10.2. The van der Waals surface area contributed by atoms with Crippen LogP contribution in [0, 0.1) is 5.82 Å². The number of furan rings is 1. The highest BCUT2D eigenvalue weighted by Crippen LogP contribution is 2.30. The van der Waals surface area contributed by atoms with Crippen LogP contribution in [0.3, 0.4) is 0 Å². The Morgan fingerprint density at radius 2 is 1.85 bits per heavy atom. The minimum atomic E-state index is -3.70. The van der Waals surface area contributed by atoms with Gasteiger partial charge in [-0.3, -0.25) is 4.79 Å². The molecule has 0 spiro atoms. The molecule has 0 amide bonds. The van der Waals surface area contributed by atoms with Gasteiger partial charge in [0.15, 0.2) is 5.78 Å². The number of sulfonamides is 1. The topological polar surface area (TPSA) is 90.4 Å². The largest absolute Gasteiger partial charge is 0.460 e. The Labute approximate surface area is 157 Å². The zero-order valence-corrected chi connectivity index (χ0v) is 15.7. The van der Waals surface area contributed by atoms with Crippen LogP contribution in [0.2, 0.25) is 0 Å². The number of carbonyl (C=O) groups is 1. The molecule has 0 fully saturated rings. The van der Waals surface area contributed by atoms with Crippen molar-refractivity contribution in [3.05, 3.63) is 70.7 Å². The molecule has 0 atom stereocenters. The van der Waals surface area contributed by atoms with Crippen molar-refractivity contribution in [1.29, 1.82) is 0 Å². The van der Waals surface area contributed by atoms with E-state index in [-0.39, 0.29) is 11.5 Å². The summed E-state index contributed by atoms with van der Waals surface area (Å²) in [6.07, 6.45) is 2.35. The van der Waals surface area contributed by atoms with E-state index in [1.54, 1.807) is 18.2 Å². The predicted octanol–water partition coefficient (Wildman–Crippen LogP) is 3.93. The Balaban J connectivity index is 2.14. The molecule has 0 aliphatic carbocycles. The van der Waals surface area contributed by atoms with E-state index < -0.39 is 15.8 Å². The Kier molecular flexibility index (Phi) is 5.43. The van der Waals surface area contributed by atoms with E-state index >= 15 is 0 Å². The SMILES string of the molecule is CCCCc1oc2ccc(CS(N)(=O)=O)cc2c1C(=O)c1ccc(F)cc1. The molecular weight excluding hydrogens is 369 g/mol. The first kappa shape index (κ1) is 19.3. The molecule has 1 heterocycles. The molecule has 3 rings (SSSR count). The van der Waals surface area contributed by atoms with Crippen molar-refractivity contribution in [1.82, 2.24) is 0 Å². The summed E-state index contributed by atoms with van der Waals surface area (Å²) in [5.74, 6) is -0.491. The second kappa shape index (κ2) is 7.62. The lowest BCUT2D eigenvalue weighted by Crippen LogP contribution is -2.14. The first-order valence-electron chi connectivity index (χ1n) is 8.63. The lowest BCUT2D eigenvalue weighted by molar-refractivity contribution is 0.103. The van der Waals surface area contributed by atoms with E-state index in [1.165, 1.54) is 24.3 Å². The number of ketones is 1. The molecule has 27 heavy (non-hydrogen) atoms. The average Bonchev–Trinajstić information content (AvgIpc) is 2.96. The highest BCUT2D eigenvalue weighted by molar-refractivity contribution is 7.88. The van der Waals surface area contributed by atoms with Crippen LogP contribution in [0.4, 0.5) is 4.39 Å². The molecule has 0 saturated heterocycles.